The second-order valence-electron chi connectivity index (χ2n) is 5.71. The van der Waals surface area contributed by atoms with Crippen LogP contribution in [-0.2, 0) is 9.53 Å². The SMILES string of the molecule is CCC1C(C)N(C2CCOC2)C(=O)C1(C)C. The number of ether oxygens (including phenoxy) is 1. The van der Waals surface area contributed by atoms with Crippen molar-refractivity contribution in [1.82, 2.24) is 4.90 Å². The Morgan fingerprint density at radius 1 is 1.50 bits per heavy atom. The Morgan fingerprint density at radius 3 is 2.62 bits per heavy atom. The molecule has 2 rings (SSSR count). The number of likely N-dealkylation sites (tertiary alicyclic amines) is 1. The van der Waals surface area contributed by atoms with Gasteiger partial charge in [0.1, 0.15) is 0 Å². The summed E-state index contributed by atoms with van der Waals surface area (Å²) in [6.45, 7) is 10.1. The molecule has 0 aromatic carbocycles. The summed E-state index contributed by atoms with van der Waals surface area (Å²) < 4.78 is 5.41. The highest BCUT2D eigenvalue weighted by molar-refractivity contribution is 5.85. The maximum absolute atomic E-state index is 12.5. The average molecular weight is 225 g/mol. The second-order valence-corrected chi connectivity index (χ2v) is 5.71. The Kier molecular flexibility index (Phi) is 2.99. The molecule has 0 radical (unpaired) electrons. The fourth-order valence-electron chi connectivity index (χ4n) is 3.56. The van der Waals surface area contributed by atoms with Gasteiger partial charge in [-0.05, 0) is 19.3 Å². The monoisotopic (exact) mass is 225 g/mol. The van der Waals surface area contributed by atoms with Crippen molar-refractivity contribution in [2.24, 2.45) is 11.3 Å². The average Bonchev–Trinajstić information content (AvgIpc) is 2.76. The first-order chi connectivity index (χ1) is 7.50. The number of rotatable bonds is 2. The van der Waals surface area contributed by atoms with Crippen LogP contribution in [-0.4, -0.2) is 36.1 Å². The molecule has 92 valence electrons. The van der Waals surface area contributed by atoms with Gasteiger partial charge in [-0.2, -0.15) is 0 Å². The van der Waals surface area contributed by atoms with Crippen molar-refractivity contribution in [2.45, 2.75) is 52.6 Å². The van der Waals surface area contributed by atoms with E-state index in [1.54, 1.807) is 0 Å². The molecule has 3 atom stereocenters. The van der Waals surface area contributed by atoms with E-state index in [1.807, 2.05) is 0 Å². The molecule has 0 N–H and O–H groups in total. The first kappa shape index (κ1) is 11.9. The van der Waals surface area contributed by atoms with Gasteiger partial charge in [-0.15, -0.1) is 0 Å². The molecule has 0 saturated carbocycles. The standard InChI is InChI=1S/C13H23NO2/c1-5-11-9(2)14(10-6-7-16-8-10)12(15)13(11,3)4/h9-11H,5-8H2,1-4H3. The molecule has 0 bridgehead atoms. The largest absolute Gasteiger partial charge is 0.379 e. The lowest BCUT2D eigenvalue weighted by Crippen LogP contribution is -2.43. The molecule has 3 nitrogen and oxygen atoms in total. The third-order valence-electron chi connectivity index (χ3n) is 4.47. The lowest BCUT2D eigenvalue weighted by Gasteiger charge is -2.29. The predicted molar refractivity (Wildman–Crippen MR) is 63.1 cm³/mol. The van der Waals surface area contributed by atoms with Gasteiger partial charge in [-0.25, -0.2) is 0 Å². The van der Waals surface area contributed by atoms with Crippen molar-refractivity contribution in [3.05, 3.63) is 0 Å². The van der Waals surface area contributed by atoms with Crippen LogP contribution in [0.5, 0.6) is 0 Å². The first-order valence-electron chi connectivity index (χ1n) is 6.40. The smallest absolute Gasteiger partial charge is 0.229 e. The molecule has 2 saturated heterocycles. The molecule has 2 heterocycles. The zero-order chi connectivity index (χ0) is 11.9. The van der Waals surface area contributed by atoms with Crippen LogP contribution in [0.4, 0.5) is 0 Å². The van der Waals surface area contributed by atoms with E-state index in [1.165, 1.54) is 0 Å². The van der Waals surface area contributed by atoms with Gasteiger partial charge in [0.2, 0.25) is 5.91 Å². The minimum Gasteiger partial charge on any atom is -0.379 e. The fourth-order valence-corrected chi connectivity index (χ4v) is 3.56. The number of carbonyl (C=O) groups excluding carboxylic acids is 1. The van der Waals surface area contributed by atoms with Crippen molar-refractivity contribution in [2.75, 3.05) is 13.2 Å². The van der Waals surface area contributed by atoms with E-state index < -0.39 is 0 Å². The number of hydrogen-bond donors (Lipinski definition) is 0. The minimum absolute atomic E-state index is 0.198. The van der Waals surface area contributed by atoms with E-state index >= 15 is 0 Å². The van der Waals surface area contributed by atoms with E-state index in [2.05, 4.69) is 32.6 Å². The number of hydrogen-bond acceptors (Lipinski definition) is 2. The fraction of sp³-hybridized carbons (Fsp3) is 0.923. The van der Waals surface area contributed by atoms with Crippen LogP contribution in [0.2, 0.25) is 0 Å². The highest BCUT2D eigenvalue weighted by atomic mass is 16.5. The van der Waals surface area contributed by atoms with Crippen molar-refractivity contribution in [1.29, 1.82) is 0 Å². The molecule has 0 spiro atoms. The zero-order valence-corrected chi connectivity index (χ0v) is 10.8. The lowest BCUT2D eigenvalue weighted by atomic mass is 9.77. The van der Waals surface area contributed by atoms with Gasteiger partial charge >= 0.3 is 0 Å². The van der Waals surface area contributed by atoms with Crippen molar-refractivity contribution in [3.8, 4) is 0 Å². The van der Waals surface area contributed by atoms with Crippen molar-refractivity contribution in [3.63, 3.8) is 0 Å². The summed E-state index contributed by atoms with van der Waals surface area (Å²) >= 11 is 0. The summed E-state index contributed by atoms with van der Waals surface area (Å²) in [6.07, 6.45) is 2.08. The molecule has 0 aromatic heterocycles. The minimum atomic E-state index is -0.198. The molecule has 0 aromatic rings. The predicted octanol–water partition coefficient (Wildman–Crippen LogP) is 2.06. The molecule has 2 fully saturated rings. The van der Waals surface area contributed by atoms with Crippen LogP contribution in [0, 0.1) is 11.3 Å². The molecule has 3 heteroatoms. The van der Waals surface area contributed by atoms with Crippen LogP contribution >= 0.6 is 0 Å². The molecular formula is C13H23NO2. The third-order valence-corrected chi connectivity index (χ3v) is 4.47. The first-order valence-corrected chi connectivity index (χ1v) is 6.40. The highest BCUT2D eigenvalue weighted by Crippen LogP contribution is 2.44. The van der Waals surface area contributed by atoms with Gasteiger partial charge in [-0.3, -0.25) is 4.79 Å². The van der Waals surface area contributed by atoms with Crippen LogP contribution in [0.15, 0.2) is 0 Å². The molecule has 1 amide bonds. The van der Waals surface area contributed by atoms with Gasteiger partial charge in [0, 0.05) is 18.1 Å². The van der Waals surface area contributed by atoms with E-state index in [9.17, 15) is 4.79 Å². The van der Waals surface area contributed by atoms with Crippen LogP contribution in [0.3, 0.4) is 0 Å². The highest BCUT2D eigenvalue weighted by Gasteiger charge is 2.52. The van der Waals surface area contributed by atoms with Crippen molar-refractivity contribution >= 4 is 5.91 Å². The number of carbonyl (C=O) groups is 1. The van der Waals surface area contributed by atoms with Gasteiger partial charge in [0.25, 0.3) is 0 Å². The zero-order valence-electron chi connectivity index (χ0n) is 10.8. The van der Waals surface area contributed by atoms with E-state index in [0.29, 0.717) is 23.9 Å². The Labute approximate surface area is 98.1 Å². The van der Waals surface area contributed by atoms with Gasteiger partial charge in [0.15, 0.2) is 0 Å². The summed E-state index contributed by atoms with van der Waals surface area (Å²) in [5.74, 6) is 0.794. The Bertz CT molecular complexity index is 282. The summed E-state index contributed by atoms with van der Waals surface area (Å²) in [4.78, 5) is 14.6. The molecule has 2 aliphatic rings. The van der Waals surface area contributed by atoms with E-state index in [0.717, 1.165) is 26.1 Å². The molecule has 3 unspecified atom stereocenters. The van der Waals surface area contributed by atoms with Crippen molar-refractivity contribution < 1.29 is 9.53 Å². The van der Waals surface area contributed by atoms with Gasteiger partial charge in [-0.1, -0.05) is 27.2 Å². The summed E-state index contributed by atoms with van der Waals surface area (Å²) in [6, 6.07) is 0.678. The second kappa shape index (κ2) is 4.02. The summed E-state index contributed by atoms with van der Waals surface area (Å²) in [5.41, 5.74) is -0.198. The Balaban J connectivity index is 2.23. The van der Waals surface area contributed by atoms with Crippen LogP contribution < -0.4 is 0 Å². The van der Waals surface area contributed by atoms with E-state index in [-0.39, 0.29) is 5.41 Å². The normalized spacial score (nSPS) is 38.4. The van der Waals surface area contributed by atoms with Gasteiger partial charge in [0.05, 0.1) is 12.6 Å². The Morgan fingerprint density at radius 2 is 2.19 bits per heavy atom. The molecule has 0 aliphatic carbocycles. The molecular weight excluding hydrogens is 202 g/mol. The van der Waals surface area contributed by atoms with Gasteiger partial charge < -0.3 is 9.64 Å². The quantitative estimate of drug-likeness (QED) is 0.720. The van der Waals surface area contributed by atoms with E-state index in [4.69, 9.17) is 4.74 Å². The number of amides is 1. The topological polar surface area (TPSA) is 29.5 Å². The molecule has 16 heavy (non-hydrogen) atoms. The van der Waals surface area contributed by atoms with Crippen LogP contribution in [0.25, 0.3) is 0 Å². The number of nitrogens with zero attached hydrogens (tertiary/aromatic N) is 1. The maximum Gasteiger partial charge on any atom is 0.229 e. The molecule has 2 aliphatic heterocycles. The summed E-state index contributed by atoms with van der Waals surface area (Å²) in [5, 5.41) is 0. The Hall–Kier alpha value is -0.570. The summed E-state index contributed by atoms with van der Waals surface area (Å²) in [7, 11) is 0. The van der Waals surface area contributed by atoms with Crippen LogP contribution in [0.1, 0.15) is 40.5 Å². The third kappa shape index (κ3) is 1.56. The lowest BCUT2D eigenvalue weighted by molar-refractivity contribution is -0.137. The maximum atomic E-state index is 12.5.